The van der Waals surface area contributed by atoms with Gasteiger partial charge in [-0.3, -0.25) is 9.78 Å². The number of rotatable bonds is 12. The fraction of sp³-hybridized carbons (Fsp3) is 0.750. The molecule has 0 spiro atoms. The van der Waals surface area contributed by atoms with Gasteiger partial charge in [0.15, 0.2) is 0 Å². The molecule has 0 aliphatic heterocycles. The summed E-state index contributed by atoms with van der Waals surface area (Å²) in [7, 11) is 0. The van der Waals surface area contributed by atoms with Crippen LogP contribution in [0.25, 0.3) is 0 Å². The highest BCUT2D eigenvalue weighted by Gasteiger charge is 2.04. The molecule has 0 amide bonds. The van der Waals surface area contributed by atoms with Crippen molar-refractivity contribution in [2.45, 2.75) is 77.6 Å². The number of hydrogen-bond acceptors (Lipinski definition) is 3. The van der Waals surface area contributed by atoms with E-state index in [1.165, 1.54) is 51.4 Å². The molecule has 1 aromatic rings. The smallest absolute Gasteiger partial charge is 0.138 e. The van der Waals surface area contributed by atoms with Crippen LogP contribution in [-0.4, -0.2) is 10.8 Å². The van der Waals surface area contributed by atoms with E-state index in [1.807, 2.05) is 0 Å². The monoisotopic (exact) mass is 281 g/mol. The number of carbonyl (C=O) groups is 1. The second-order valence-corrected chi connectivity index (χ2v) is 6.23. The second kappa shape index (κ2) is 11.2. The maximum absolute atomic E-state index is 11.7. The summed E-state index contributed by atoms with van der Waals surface area (Å²) in [6.07, 6.45) is 14.9. The quantitative estimate of drug-likeness (QED) is 0.494. The van der Waals surface area contributed by atoms with E-state index >= 15 is 0 Å². The van der Waals surface area contributed by atoms with Crippen LogP contribution in [0.1, 0.15) is 76.0 Å². The van der Waals surface area contributed by atoms with Gasteiger partial charge in [-0.05, 0) is 6.42 Å². The predicted molar refractivity (Wildman–Crippen MR) is 82.7 cm³/mol. The molecule has 0 aliphatic carbocycles. The molecular weight excluding hydrogens is 254 g/mol. The summed E-state index contributed by atoms with van der Waals surface area (Å²) in [5.74, 6) is 0.368. The van der Waals surface area contributed by atoms with E-state index in [4.69, 9.17) is 0 Å². The second-order valence-electron chi connectivity index (χ2n) is 5.26. The molecule has 0 atom stereocenters. The summed E-state index contributed by atoms with van der Waals surface area (Å²) in [6, 6.07) is 0. The van der Waals surface area contributed by atoms with Crippen molar-refractivity contribution >= 4 is 17.1 Å². The number of aromatic nitrogens is 1. The number of hydrogen-bond donors (Lipinski definition) is 0. The molecule has 0 unspecified atom stereocenters. The molecule has 0 fully saturated rings. The Bertz CT molecular complexity index is 321. The van der Waals surface area contributed by atoms with Gasteiger partial charge in [-0.1, -0.05) is 58.3 Å². The van der Waals surface area contributed by atoms with Crippen LogP contribution in [0.15, 0.2) is 11.7 Å². The lowest BCUT2D eigenvalue weighted by atomic mass is 10.0. The highest BCUT2D eigenvalue weighted by atomic mass is 32.1. The normalized spacial score (nSPS) is 10.8. The van der Waals surface area contributed by atoms with E-state index in [9.17, 15) is 4.79 Å². The Kier molecular flexibility index (Phi) is 9.60. The topological polar surface area (TPSA) is 30.0 Å². The molecule has 0 aromatic carbocycles. The van der Waals surface area contributed by atoms with Gasteiger partial charge in [0.2, 0.25) is 0 Å². The van der Waals surface area contributed by atoms with Gasteiger partial charge in [0.05, 0.1) is 5.51 Å². The summed E-state index contributed by atoms with van der Waals surface area (Å²) >= 11 is 1.58. The number of unbranched alkanes of at least 4 members (excludes halogenated alkanes) is 8. The van der Waals surface area contributed by atoms with Crippen LogP contribution in [0.5, 0.6) is 0 Å². The zero-order chi connectivity index (χ0) is 13.8. The molecular formula is C16H27NOS. The largest absolute Gasteiger partial charge is 0.299 e. The minimum Gasteiger partial charge on any atom is -0.299 e. The standard InChI is InChI=1S/C16H27NOS/c1-2-3-4-5-6-7-8-9-10-11-15(18)12-16-13-17-14-19-16/h13-14H,2-12H2,1H3. The van der Waals surface area contributed by atoms with Crippen molar-refractivity contribution in [2.24, 2.45) is 0 Å². The van der Waals surface area contributed by atoms with Gasteiger partial charge in [-0.2, -0.15) is 0 Å². The highest BCUT2D eigenvalue weighted by Crippen LogP contribution is 2.12. The molecule has 3 heteroatoms. The molecule has 0 aliphatic rings. The lowest BCUT2D eigenvalue weighted by Gasteiger charge is -2.01. The first kappa shape index (κ1) is 16.4. The minimum atomic E-state index is 0.368. The third kappa shape index (κ3) is 8.93. The molecule has 0 saturated carbocycles. The molecule has 1 heterocycles. The Balaban J connectivity index is 1.86. The van der Waals surface area contributed by atoms with E-state index in [2.05, 4.69) is 11.9 Å². The Morgan fingerprint density at radius 1 is 1.05 bits per heavy atom. The molecule has 1 rings (SSSR count). The van der Waals surface area contributed by atoms with Crippen molar-refractivity contribution in [1.29, 1.82) is 0 Å². The predicted octanol–water partition coefficient (Wildman–Crippen LogP) is 5.18. The SMILES string of the molecule is CCCCCCCCCCCC(=O)Cc1cncs1. The summed E-state index contributed by atoms with van der Waals surface area (Å²) in [4.78, 5) is 16.8. The minimum absolute atomic E-state index is 0.368. The molecule has 0 bridgehead atoms. The van der Waals surface area contributed by atoms with Crippen molar-refractivity contribution < 1.29 is 4.79 Å². The summed E-state index contributed by atoms with van der Waals surface area (Å²) < 4.78 is 0. The molecule has 0 saturated heterocycles. The Hall–Kier alpha value is -0.700. The third-order valence-corrected chi connectivity index (χ3v) is 4.19. The molecule has 0 N–H and O–H groups in total. The fourth-order valence-corrected chi connectivity index (χ4v) is 2.87. The third-order valence-electron chi connectivity index (χ3n) is 3.41. The van der Waals surface area contributed by atoms with Crippen LogP contribution in [0.2, 0.25) is 0 Å². The van der Waals surface area contributed by atoms with Crippen molar-refractivity contribution in [1.82, 2.24) is 4.98 Å². The maximum Gasteiger partial charge on any atom is 0.138 e. The first-order chi connectivity index (χ1) is 9.33. The van der Waals surface area contributed by atoms with Gasteiger partial charge in [-0.25, -0.2) is 0 Å². The lowest BCUT2D eigenvalue weighted by Crippen LogP contribution is -2.00. The van der Waals surface area contributed by atoms with Crippen molar-refractivity contribution in [3.8, 4) is 0 Å². The van der Waals surface area contributed by atoms with Gasteiger partial charge in [0.1, 0.15) is 5.78 Å². The van der Waals surface area contributed by atoms with Gasteiger partial charge in [0, 0.05) is 23.9 Å². The summed E-state index contributed by atoms with van der Waals surface area (Å²) in [6.45, 7) is 2.25. The first-order valence-corrected chi connectivity index (χ1v) is 8.60. The van der Waals surface area contributed by atoms with Crippen molar-refractivity contribution in [3.05, 3.63) is 16.6 Å². The van der Waals surface area contributed by atoms with E-state index in [0.717, 1.165) is 17.7 Å². The molecule has 0 radical (unpaired) electrons. The van der Waals surface area contributed by atoms with Gasteiger partial charge in [-0.15, -0.1) is 11.3 Å². The van der Waals surface area contributed by atoms with Crippen molar-refractivity contribution in [2.75, 3.05) is 0 Å². The average molecular weight is 281 g/mol. The molecule has 108 valence electrons. The van der Waals surface area contributed by atoms with Crippen LogP contribution in [0, 0.1) is 0 Å². The molecule has 1 aromatic heterocycles. The Morgan fingerprint density at radius 3 is 2.26 bits per heavy atom. The highest BCUT2D eigenvalue weighted by molar-refractivity contribution is 7.09. The number of thiazole rings is 1. The summed E-state index contributed by atoms with van der Waals surface area (Å²) in [5, 5.41) is 0. The maximum atomic E-state index is 11.7. The van der Waals surface area contributed by atoms with Crippen LogP contribution in [0.3, 0.4) is 0 Å². The van der Waals surface area contributed by atoms with Gasteiger partial charge in [0.25, 0.3) is 0 Å². The number of ketones is 1. The van der Waals surface area contributed by atoms with Crippen molar-refractivity contribution in [3.63, 3.8) is 0 Å². The zero-order valence-electron chi connectivity index (χ0n) is 12.2. The van der Waals surface area contributed by atoms with E-state index in [0.29, 0.717) is 12.2 Å². The number of carbonyl (C=O) groups excluding carboxylic acids is 1. The Labute approximate surface area is 121 Å². The van der Waals surface area contributed by atoms with Crippen LogP contribution >= 0.6 is 11.3 Å². The van der Waals surface area contributed by atoms with Gasteiger partial charge >= 0.3 is 0 Å². The Morgan fingerprint density at radius 2 is 1.68 bits per heavy atom. The zero-order valence-corrected chi connectivity index (χ0v) is 13.0. The average Bonchev–Trinajstić information content (AvgIpc) is 2.89. The summed E-state index contributed by atoms with van der Waals surface area (Å²) in [5.41, 5.74) is 1.79. The first-order valence-electron chi connectivity index (χ1n) is 7.72. The van der Waals surface area contributed by atoms with Crippen LogP contribution in [0.4, 0.5) is 0 Å². The van der Waals surface area contributed by atoms with Crippen LogP contribution < -0.4 is 0 Å². The molecule has 2 nitrogen and oxygen atoms in total. The number of Topliss-reactive ketones (excluding diaryl/α,β-unsaturated/α-hetero) is 1. The van der Waals surface area contributed by atoms with Gasteiger partial charge < -0.3 is 0 Å². The van der Waals surface area contributed by atoms with E-state index in [1.54, 1.807) is 23.0 Å². The molecule has 19 heavy (non-hydrogen) atoms. The lowest BCUT2D eigenvalue weighted by molar-refractivity contribution is -0.118. The van der Waals surface area contributed by atoms with Crippen LogP contribution in [-0.2, 0) is 11.2 Å². The number of nitrogens with zero attached hydrogens (tertiary/aromatic N) is 1. The van der Waals surface area contributed by atoms with E-state index in [-0.39, 0.29) is 0 Å². The van der Waals surface area contributed by atoms with E-state index < -0.39 is 0 Å². The fourth-order valence-electron chi connectivity index (χ4n) is 2.24.